The molecule has 1 heterocycles. The Labute approximate surface area is 111 Å². The van der Waals surface area contributed by atoms with E-state index in [1.165, 1.54) is 6.20 Å². The zero-order valence-corrected chi connectivity index (χ0v) is 10.6. The van der Waals surface area contributed by atoms with Crippen molar-refractivity contribution in [2.45, 2.75) is 19.6 Å². The molecule has 98 valence electrons. The molecule has 0 amide bonds. The second-order valence-electron chi connectivity index (χ2n) is 4.18. The summed E-state index contributed by atoms with van der Waals surface area (Å²) in [5.41, 5.74) is 1.68. The molecule has 4 heteroatoms. The molecule has 2 aromatic rings. The molecule has 0 bridgehead atoms. The second-order valence-corrected chi connectivity index (χ2v) is 4.18. The highest BCUT2D eigenvalue weighted by Crippen LogP contribution is 2.18. The lowest BCUT2D eigenvalue weighted by Gasteiger charge is -2.14. The van der Waals surface area contributed by atoms with E-state index in [-0.39, 0.29) is 18.4 Å². The minimum Gasteiger partial charge on any atom is -0.477 e. The summed E-state index contributed by atoms with van der Waals surface area (Å²) in [6.07, 6.45) is 1.37. The molecule has 1 aromatic heterocycles. The van der Waals surface area contributed by atoms with E-state index in [2.05, 4.69) is 4.98 Å². The summed E-state index contributed by atoms with van der Waals surface area (Å²) in [7, 11) is 0. The van der Waals surface area contributed by atoms with Crippen molar-refractivity contribution in [3.63, 3.8) is 0 Å². The molecule has 1 aromatic carbocycles. The van der Waals surface area contributed by atoms with Crippen LogP contribution in [0, 0.1) is 0 Å². The number of hydrogen-bond acceptors (Lipinski definition) is 3. The molecule has 0 saturated heterocycles. The van der Waals surface area contributed by atoms with Crippen LogP contribution in [0.3, 0.4) is 0 Å². The summed E-state index contributed by atoms with van der Waals surface area (Å²) < 4.78 is 5.70. The van der Waals surface area contributed by atoms with Gasteiger partial charge in [-0.2, -0.15) is 0 Å². The average Bonchev–Trinajstić information content (AvgIpc) is 2.46. The van der Waals surface area contributed by atoms with E-state index in [1.54, 1.807) is 12.1 Å². The first-order valence-corrected chi connectivity index (χ1v) is 6.02. The van der Waals surface area contributed by atoms with Gasteiger partial charge in [-0.05, 0) is 18.6 Å². The smallest absolute Gasteiger partial charge is 0.354 e. The van der Waals surface area contributed by atoms with Gasteiger partial charge in [0.2, 0.25) is 0 Å². The number of aromatic carboxylic acids is 1. The summed E-state index contributed by atoms with van der Waals surface area (Å²) in [5.74, 6) is -1.04. The lowest BCUT2D eigenvalue weighted by Crippen LogP contribution is -2.08. The summed E-state index contributed by atoms with van der Waals surface area (Å²) in [6.45, 7) is 2.16. The third kappa shape index (κ3) is 3.39. The third-order valence-corrected chi connectivity index (χ3v) is 2.85. The van der Waals surface area contributed by atoms with E-state index in [0.29, 0.717) is 5.56 Å². The summed E-state index contributed by atoms with van der Waals surface area (Å²) >= 11 is 0. The Kier molecular flexibility index (Phi) is 4.26. The lowest BCUT2D eigenvalue weighted by atomic mass is 10.1. The molecule has 1 unspecified atom stereocenters. The highest BCUT2D eigenvalue weighted by molar-refractivity contribution is 5.86. The first-order valence-electron chi connectivity index (χ1n) is 6.02. The van der Waals surface area contributed by atoms with Crippen molar-refractivity contribution in [2.75, 3.05) is 0 Å². The van der Waals surface area contributed by atoms with Crippen LogP contribution in [0.1, 0.15) is 34.6 Å². The van der Waals surface area contributed by atoms with Crippen LogP contribution in [-0.2, 0) is 11.3 Å². The minimum absolute atomic E-state index is 0.0442. The number of nitrogens with zero attached hydrogens (tertiary/aromatic N) is 1. The zero-order chi connectivity index (χ0) is 13.7. The molecular weight excluding hydrogens is 242 g/mol. The number of rotatable bonds is 5. The molecule has 0 aliphatic carbocycles. The highest BCUT2D eigenvalue weighted by Gasteiger charge is 2.12. The molecule has 1 atom stereocenters. The van der Waals surface area contributed by atoms with Gasteiger partial charge < -0.3 is 9.84 Å². The Bertz CT molecular complexity index is 554. The first kappa shape index (κ1) is 13.2. The van der Waals surface area contributed by atoms with Gasteiger partial charge >= 0.3 is 5.97 Å². The molecular formula is C15H15NO3. The quantitative estimate of drug-likeness (QED) is 0.894. The number of pyridine rings is 1. The maximum absolute atomic E-state index is 11.0. The van der Waals surface area contributed by atoms with Gasteiger partial charge in [-0.15, -0.1) is 0 Å². The van der Waals surface area contributed by atoms with Gasteiger partial charge in [0.15, 0.2) is 5.69 Å². The van der Waals surface area contributed by atoms with Crippen LogP contribution in [0.25, 0.3) is 0 Å². The fourth-order valence-electron chi connectivity index (χ4n) is 1.78. The summed E-state index contributed by atoms with van der Waals surface area (Å²) in [4.78, 5) is 14.9. The van der Waals surface area contributed by atoms with Crippen molar-refractivity contribution < 1.29 is 14.6 Å². The molecule has 0 saturated carbocycles. The molecule has 0 aliphatic rings. The maximum atomic E-state index is 11.0. The van der Waals surface area contributed by atoms with Crippen LogP contribution in [-0.4, -0.2) is 16.1 Å². The van der Waals surface area contributed by atoms with Crippen molar-refractivity contribution in [3.05, 3.63) is 65.5 Å². The summed E-state index contributed by atoms with van der Waals surface area (Å²) in [6, 6.07) is 13.2. The normalized spacial score (nSPS) is 12.1. The number of carboxylic acid groups (broad SMARTS) is 1. The van der Waals surface area contributed by atoms with Gasteiger partial charge in [0.25, 0.3) is 0 Å². The number of benzene rings is 1. The molecule has 2 rings (SSSR count). The topological polar surface area (TPSA) is 59.4 Å². The fraction of sp³-hybridized carbons (Fsp3) is 0.200. The Morgan fingerprint density at radius 1 is 1.26 bits per heavy atom. The first-order chi connectivity index (χ1) is 9.18. The molecule has 0 spiro atoms. The van der Waals surface area contributed by atoms with Crippen LogP contribution in [0.15, 0.2) is 48.7 Å². The molecule has 0 aliphatic heterocycles. The van der Waals surface area contributed by atoms with Crippen molar-refractivity contribution in [2.24, 2.45) is 0 Å². The zero-order valence-electron chi connectivity index (χ0n) is 10.6. The Morgan fingerprint density at radius 3 is 2.68 bits per heavy atom. The van der Waals surface area contributed by atoms with E-state index in [0.717, 1.165) is 5.56 Å². The van der Waals surface area contributed by atoms with Gasteiger partial charge in [0.05, 0.1) is 12.7 Å². The predicted octanol–water partition coefficient (Wildman–Crippen LogP) is 3.06. The van der Waals surface area contributed by atoms with E-state index in [4.69, 9.17) is 9.84 Å². The van der Waals surface area contributed by atoms with E-state index >= 15 is 0 Å². The minimum atomic E-state index is -1.04. The number of aromatic nitrogens is 1. The Balaban J connectivity index is 2.05. The highest BCUT2D eigenvalue weighted by atomic mass is 16.5. The Hall–Kier alpha value is -2.20. The fourth-order valence-corrected chi connectivity index (χ4v) is 1.78. The van der Waals surface area contributed by atoms with Crippen molar-refractivity contribution in [1.29, 1.82) is 0 Å². The van der Waals surface area contributed by atoms with Gasteiger partial charge in [-0.3, -0.25) is 0 Å². The largest absolute Gasteiger partial charge is 0.477 e. The standard InChI is InChI=1S/C15H15NO3/c1-11(12-6-3-2-4-7-12)19-10-13-8-5-9-16-14(13)15(17)18/h2-9,11H,10H2,1H3,(H,17,18). The van der Waals surface area contributed by atoms with Crippen LogP contribution in [0.4, 0.5) is 0 Å². The molecule has 1 N–H and O–H groups in total. The molecule has 0 radical (unpaired) electrons. The van der Waals surface area contributed by atoms with Crippen molar-refractivity contribution in [1.82, 2.24) is 4.98 Å². The number of carbonyl (C=O) groups is 1. The SMILES string of the molecule is CC(OCc1cccnc1C(=O)O)c1ccccc1. The second kappa shape index (κ2) is 6.11. The molecule has 19 heavy (non-hydrogen) atoms. The molecule has 4 nitrogen and oxygen atoms in total. The van der Waals surface area contributed by atoms with Crippen LogP contribution >= 0.6 is 0 Å². The molecule has 0 fully saturated rings. The number of ether oxygens (including phenoxy) is 1. The number of carboxylic acids is 1. The van der Waals surface area contributed by atoms with Gasteiger partial charge in [-0.25, -0.2) is 9.78 Å². The van der Waals surface area contributed by atoms with Crippen molar-refractivity contribution >= 4 is 5.97 Å². The van der Waals surface area contributed by atoms with E-state index in [1.807, 2.05) is 37.3 Å². The van der Waals surface area contributed by atoms with Crippen LogP contribution < -0.4 is 0 Å². The van der Waals surface area contributed by atoms with Gasteiger partial charge in [0.1, 0.15) is 0 Å². The van der Waals surface area contributed by atoms with Gasteiger partial charge in [-0.1, -0.05) is 36.4 Å². The third-order valence-electron chi connectivity index (χ3n) is 2.85. The number of hydrogen-bond donors (Lipinski definition) is 1. The van der Waals surface area contributed by atoms with Crippen LogP contribution in [0.2, 0.25) is 0 Å². The van der Waals surface area contributed by atoms with Gasteiger partial charge in [0, 0.05) is 11.8 Å². The van der Waals surface area contributed by atoms with E-state index in [9.17, 15) is 4.79 Å². The van der Waals surface area contributed by atoms with Crippen molar-refractivity contribution in [3.8, 4) is 0 Å². The predicted molar refractivity (Wildman–Crippen MR) is 70.8 cm³/mol. The summed E-state index contributed by atoms with van der Waals surface area (Å²) in [5, 5.41) is 9.03. The Morgan fingerprint density at radius 2 is 2.00 bits per heavy atom. The average molecular weight is 257 g/mol. The monoisotopic (exact) mass is 257 g/mol. The lowest BCUT2D eigenvalue weighted by molar-refractivity contribution is 0.0499. The van der Waals surface area contributed by atoms with E-state index < -0.39 is 5.97 Å². The van der Waals surface area contributed by atoms with Crippen LogP contribution in [0.5, 0.6) is 0 Å². The maximum Gasteiger partial charge on any atom is 0.354 e.